The lowest BCUT2D eigenvalue weighted by molar-refractivity contribution is -0.118. The Balaban J connectivity index is 1.48. The molecule has 0 unspecified atom stereocenters. The fourth-order valence-corrected chi connectivity index (χ4v) is 4.08. The van der Waals surface area contributed by atoms with Gasteiger partial charge in [0.1, 0.15) is 0 Å². The topological polar surface area (TPSA) is 102 Å². The van der Waals surface area contributed by atoms with E-state index in [0.717, 1.165) is 15.7 Å². The summed E-state index contributed by atoms with van der Waals surface area (Å²) in [5.74, 6) is 0.848. The van der Waals surface area contributed by atoms with Gasteiger partial charge >= 0.3 is 0 Å². The zero-order valence-electron chi connectivity index (χ0n) is 18.1. The van der Waals surface area contributed by atoms with Crippen LogP contribution in [0.5, 0.6) is 11.5 Å². The predicted octanol–water partition coefficient (Wildman–Crippen LogP) is 4.65. The number of carbonyl (C=O) groups excluding carboxylic acids is 1. The van der Waals surface area contributed by atoms with Crippen molar-refractivity contribution in [3.05, 3.63) is 82.8 Å². The lowest BCUT2D eigenvalue weighted by Crippen LogP contribution is -2.20. The highest BCUT2D eigenvalue weighted by Gasteiger charge is 2.17. The highest BCUT2D eigenvalue weighted by Crippen LogP contribution is 2.28. The van der Waals surface area contributed by atoms with Gasteiger partial charge in [0.2, 0.25) is 0 Å². The summed E-state index contributed by atoms with van der Waals surface area (Å²) in [6.07, 6.45) is 1.47. The van der Waals surface area contributed by atoms with Crippen LogP contribution in [0.2, 0.25) is 0 Å². The first-order valence-electron chi connectivity index (χ1n) is 10.1. The van der Waals surface area contributed by atoms with Gasteiger partial charge in [0, 0.05) is 15.7 Å². The van der Waals surface area contributed by atoms with Gasteiger partial charge in [-0.15, -0.1) is 10.2 Å². The molecule has 4 rings (SSSR count). The van der Waals surface area contributed by atoms with Gasteiger partial charge < -0.3 is 9.84 Å². The molecular weight excluding hydrogens is 518 g/mol. The van der Waals surface area contributed by atoms with E-state index in [1.165, 1.54) is 31.2 Å². The number of hydrogen-bond acceptors (Lipinski definition) is 7. The molecule has 0 radical (unpaired) electrons. The molecule has 0 saturated heterocycles. The molecule has 3 aromatic carbocycles. The molecule has 2 N–H and O–H groups in total. The Hall–Kier alpha value is -3.63. The second-order valence-electron chi connectivity index (χ2n) is 7.00. The quantitative estimate of drug-likeness (QED) is 0.192. The van der Waals surface area contributed by atoms with Crippen LogP contribution in [0.25, 0.3) is 17.1 Å². The minimum atomic E-state index is -0.293. The summed E-state index contributed by atoms with van der Waals surface area (Å²) in [4.78, 5) is 12.4. The van der Waals surface area contributed by atoms with E-state index >= 15 is 0 Å². The zero-order chi connectivity index (χ0) is 23.9. The van der Waals surface area contributed by atoms with Crippen molar-refractivity contribution in [1.82, 2.24) is 20.2 Å². The van der Waals surface area contributed by atoms with Crippen LogP contribution in [-0.4, -0.2) is 44.9 Å². The molecule has 8 nitrogen and oxygen atoms in total. The van der Waals surface area contributed by atoms with Crippen molar-refractivity contribution >= 4 is 39.8 Å². The molecule has 34 heavy (non-hydrogen) atoms. The van der Waals surface area contributed by atoms with E-state index in [0.29, 0.717) is 22.3 Å². The lowest BCUT2D eigenvalue weighted by atomic mass is 10.2. The summed E-state index contributed by atoms with van der Waals surface area (Å²) >= 11 is 4.72. The van der Waals surface area contributed by atoms with Crippen LogP contribution in [0.3, 0.4) is 0 Å². The number of benzene rings is 3. The molecule has 0 bridgehead atoms. The van der Waals surface area contributed by atoms with Crippen molar-refractivity contribution in [2.24, 2.45) is 5.10 Å². The molecule has 1 aromatic heterocycles. The molecule has 0 aliphatic rings. The third-order valence-electron chi connectivity index (χ3n) is 4.69. The number of aromatic nitrogens is 3. The van der Waals surface area contributed by atoms with Gasteiger partial charge in [-0.3, -0.25) is 9.36 Å². The number of hydrazone groups is 1. The first-order chi connectivity index (χ1) is 16.5. The maximum Gasteiger partial charge on any atom is 0.250 e. The molecule has 0 aliphatic heterocycles. The number of methoxy groups -OCH3 is 1. The molecular formula is C24H20BrN5O3S. The average molecular weight is 538 g/mol. The molecule has 0 saturated carbocycles. The second-order valence-corrected chi connectivity index (χ2v) is 8.86. The van der Waals surface area contributed by atoms with Crippen LogP contribution in [0, 0.1) is 0 Å². The van der Waals surface area contributed by atoms with Crippen molar-refractivity contribution in [1.29, 1.82) is 0 Å². The minimum absolute atomic E-state index is 0.0323. The van der Waals surface area contributed by atoms with Crippen LogP contribution in [0.15, 0.2) is 87.5 Å². The number of phenols is 1. The monoisotopic (exact) mass is 537 g/mol. The largest absolute Gasteiger partial charge is 0.504 e. The molecule has 1 amide bonds. The van der Waals surface area contributed by atoms with E-state index in [-0.39, 0.29) is 17.4 Å². The van der Waals surface area contributed by atoms with Crippen LogP contribution < -0.4 is 10.2 Å². The molecule has 0 fully saturated rings. The van der Waals surface area contributed by atoms with Gasteiger partial charge in [-0.05, 0) is 48.0 Å². The summed E-state index contributed by atoms with van der Waals surface area (Å²) in [7, 11) is 1.46. The van der Waals surface area contributed by atoms with Crippen LogP contribution in [0.4, 0.5) is 0 Å². The molecule has 172 valence electrons. The fourth-order valence-electron chi connectivity index (χ4n) is 3.08. The van der Waals surface area contributed by atoms with Crippen molar-refractivity contribution < 1.29 is 14.6 Å². The number of hydrogen-bond donors (Lipinski definition) is 2. The summed E-state index contributed by atoms with van der Waals surface area (Å²) in [5, 5.41) is 22.9. The first-order valence-corrected chi connectivity index (χ1v) is 11.9. The SMILES string of the molecule is COc1cc(C=NNC(=O)CSc2nnc(-c3ccccc3)n2-c2ccc(Br)cc2)ccc1O. The number of amides is 1. The summed E-state index contributed by atoms with van der Waals surface area (Å²) in [6.45, 7) is 0. The predicted molar refractivity (Wildman–Crippen MR) is 136 cm³/mol. The van der Waals surface area contributed by atoms with Gasteiger partial charge in [0.25, 0.3) is 5.91 Å². The number of nitrogens with zero attached hydrogens (tertiary/aromatic N) is 4. The van der Waals surface area contributed by atoms with Crippen molar-refractivity contribution in [3.8, 4) is 28.6 Å². The average Bonchev–Trinajstić information content (AvgIpc) is 3.29. The third kappa shape index (κ3) is 5.64. The number of aromatic hydroxyl groups is 1. The standard InChI is InChI=1S/C24H20BrN5O3S/c1-33-21-13-16(7-12-20(21)31)14-26-27-22(32)15-34-24-29-28-23(17-5-3-2-4-6-17)30(24)19-10-8-18(25)9-11-19/h2-14,31H,15H2,1H3,(H,27,32). The molecule has 10 heteroatoms. The van der Waals surface area contributed by atoms with E-state index in [4.69, 9.17) is 4.74 Å². The Bertz CT molecular complexity index is 1310. The number of carbonyl (C=O) groups is 1. The first kappa shape index (κ1) is 23.5. The van der Waals surface area contributed by atoms with Crippen molar-refractivity contribution in [3.63, 3.8) is 0 Å². The highest BCUT2D eigenvalue weighted by molar-refractivity contribution is 9.10. The Morgan fingerprint density at radius 3 is 2.65 bits per heavy atom. The number of halogens is 1. The van der Waals surface area contributed by atoms with Crippen LogP contribution in [-0.2, 0) is 4.79 Å². The van der Waals surface area contributed by atoms with E-state index in [9.17, 15) is 9.90 Å². The van der Waals surface area contributed by atoms with Crippen molar-refractivity contribution in [2.45, 2.75) is 5.16 Å². The minimum Gasteiger partial charge on any atom is -0.504 e. The normalized spacial score (nSPS) is 11.0. The molecule has 1 heterocycles. The number of phenolic OH excluding ortho intramolecular Hbond substituents is 1. The van der Waals surface area contributed by atoms with Crippen LogP contribution in [0.1, 0.15) is 5.56 Å². The zero-order valence-corrected chi connectivity index (χ0v) is 20.5. The Morgan fingerprint density at radius 2 is 1.91 bits per heavy atom. The molecule has 4 aromatic rings. The lowest BCUT2D eigenvalue weighted by Gasteiger charge is -2.10. The molecule has 0 atom stereocenters. The molecule has 0 aliphatic carbocycles. The molecule has 0 spiro atoms. The number of rotatable bonds is 8. The number of ether oxygens (including phenoxy) is 1. The van der Waals surface area contributed by atoms with Gasteiger partial charge in [-0.25, -0.2) is 5.43 Å². The van der Waals surface area contributed by atoms with Gasteiger partial charge in [0.05, 0.1) is 19.1 Å². The van der Waals surface area contributed by atoms with E-state index < -0.39 is 0 Å². The Labute approximate surface area is 208 Å². The van der Waals surface area contributed by atoms with Crippen LogP contribution >= 0.6 is 27.7 Å². The second kappa shape index (κ2) is 11.0. The van der Waals surface area contributed by atoms with Gasteiger partial charge in [-0.1, -0.05) is 58.0 Å². The number of nitrogens with one attached hydrogen (secondary N) is 1. The number of thioether (sulfide) groups is 1. The smallest absolute Gasteiger partial charge is 0.250 e. The van der Waals surface area contributed by atoms with Gasteiger partial charge in [-0.2, -0.15) is 5.10 Å². The van der Waals surface area contributed by atoms with Gasteiger partial charge in [0.15, 0.2) is 22.5 Å². The summed E-state index contributed by atoms with van der Waals surface area (Å²) < 4.78 is 7.95. The fraction of sp³-hybridized carbons (Fsp3) is 0.0833. The van der Waals surface area contributed by atoms with E-state index in [1.54, 1.807) is 12.1 Å². The van der Waals surface area contributed by atoms with E-state index in [1.807, 2.05) is 59.2 Å². The summed E-state index contributed by atoms with van der Waals surface area (Å²) in [5.41, 5.74) is 4.98. The van der Waals surface area contributed by atoms with E-state index in [2.05, 4.69) is 36.7 Å². The highest BCUT2D eigenvalue weighted by atomic mass is 79.9. The summed E-state index contributed by atoms with van der Waals surface area (Å²) in [6, 6.07) is 22.3. The van der Waals surface area contributed by atoms with Crippen molar-refractivity contribution in [2.75, 3.05) is 12.9 Å². The third-order valence-corrected chi connectivity index (χ3v) is 6.15. The maximum atomic E-state index is 12.4. The maximum absolute atomic E-state index is 12.4. The Kier molecular flexibility index (Phi) is 7.61. The Morgan fingerprint density at radius 1 is 1.15 bits per heavy atom.